The Balaban J connectivity index is 1.99. The van der Waals surface area contributed by atoms with Gasteiger partial charge in [0.25, 0.3) is 6.02 Å². The largest absolute Gasteiger partial charge is 0.497 e. The summed E-state index contributed by atoms with van der Waals surface area (Å²) < 4.78 is 10.2. The summed E-state index contributed by atoms with van der Waals surface area (Å²) in [5, 5.41) is 0. The van der Waals surface area contributed by atoms with E-state index in [0.717, 1.165) is 12.2 Å². The van der Waals surface area contributed by atoms with E-state index in [0.29, 0.717) is 12.6 Å². The Morgan fingerprint density at radius 2 is 2.20 bits per heavy atom. The molecule has 0 aromatic heterocycles. The van der Waals surface area contributed by atoms with Crippen LogP contribution in [0.2, 0.25) is 0 Å². The first kappa shape index (κ1) is 9.83. The molecule has 0 aliphatic carbocycles. The number of benzene rings is 1. The minimum atomic E-state index is 0.151. The highest BCUT2D eigenvalue weighted by atomic mass is 16.5. The topological polar surface area (TPSA) is 56.8 Å². The Bertz CT molecular complexity index is 359. The number of hydrogen-bond acceptors (Lipinski definition) is 4. The smallest absolute Gasteiger partial charge is 0.282 e. The van der Waals surface area contributed by atoms with E-state index in [2.05, 4.69) is 4.99 Å². The van der Waals surface area contributed by atoms with Gasteiger partial charge in [-0.2, -0.15) is 0 Å². The van der Waals surface area contributed by atoms with Gasteiger partial charge in [0.1, 0.15) is 12.4 Å². The summed E-state index contributed by atoms with van der Waals surface area (Å²) in [4.78, 5) is 4.17. The molecule has 0 saturated carbocycles. The standard InChI is InChI=1S/C11H14N2O2/c1-14-10-4-2-8(3-5-10)6-9-7-15-11(12)13-9/h2-5,9H,6-7H2,1H3,(H2,12,13). The zero-order valence-electron chi connectivity index (χ0n) is 8.64. The molecule has 4 nitrogen and oxygen atoms in total. The molecule has 0 spiro atoms. The fourth-order valence-corrected chi connectivity index (χ4v) is 1.57. The predicted molar refractivity (Wildman–Crippen MR) is 58.1 cm³/mol. The van der Waals surface area contributed by atoms with Crippen molar-refractivity contribution in [2.75, 3.05) is 13.7 Å². The summed E-state index contributed by atoms with van der Waals surface area (Å²) in [6, 6.07) is 8.40. The average Bonchev–Trinajstić information content (AvgIpc) is 2.65. The molecule has 1 atom stereocenters. The first-order valence-corrected chi connectivity index (χ1v) is 4.87. The van der Waals surface area contributed by atoms with E-state index >= 15 is 0 Å². The van der Waals surface area contributed by atoms with Crippen molar-refractivity contribution in [1.82, 2.24) is 0 Å². The van der Waals surface area contributed by atoms with Crippen LogP contribution in [0.1, 0.15) is 5.56 Å². The summed E-state index contributed by atoms with van der Waals surface area (Å²) in [6.45, 7) is 0.581. The SMILES string of the molecule is COc1ccc(CC2COC(N)=N2)cc1. The monoisotopic (exact) mass is 206 g/mol. The molecule has 0 amide bonds. The van der Waals surface area contributed by atoms with Crippen molar-refractivity contribution in [3.05, 3.63) is 29.8 Å². The lowest BCUT2D eigenvalue weighted by molar-refractivity contribution is 0.312. The lowest BCUT2D eigenvalue weighted by atomic mass is 10.1. The zero-order chi connectivity index (χ0) is 10.7. The Morgan fingerprint density at radius 1 is 1.47 bits per heavy atom. The lowest BCUT2D eigenvalue weighted by Crippen LogP contribution is -2.11. The molecule has 15 heavy (non-hydrogen) atoms. The molecule has 1 unspecified atom stereocenters. The van der Waals surface area contributed by atoms with Crippen molar-refractivity contribution < 1.29 is 9.47 Å². The molecule has 0 radical (unpaired) electrons. The Labute approximate surface area is 88.7 Å². The maximum Gasteiger partial charge on any atom is 0.282 e. The summed E-state index contributed by atoms with van der Waals surface area (Å²) in [7, 11) is 1.66. The quantitative estimate of drug-likeness (QED) is 0.801. The van der Waals surface area contributed by atoms with E-state index in [1.807, 2.05) is 24.3 Å². The average molecular weight is 206 g/mol. The molecule has 4 heteroatoms. The molecule has 0 saturated heterocycles. The molecule has 2 rings (SSSR count). The third kappa shape index (κ3) is 2.40. The van der Waals surface area contributed by atoms with Gasteiger partial charge in [0.15, 0.2) is 0 Å². The van der Waals surface area contributed by atoms with Crippen molar-refractivity contribution in [2.24, 2.45) is 10.7 Å². The van der Waals surface area contributed by atoms with Crippen molar-refractivity contribution in [1.29, 1.82) is 0 Å². The zero-order valence-corrected chi connectivity index (χ0v) is 8.64. The van der Waals surface area contributed by atoms with Crippen LogP contribution >= 0.6 is 0 Å². The van der Waals surface area contributed by atoms with Gasteiger partial charge in [0.2, 0.25) is 0 Å². The molecule has 0 bridgehead atoms. The van der Waals surface area contributed by atoms with Crippen molar-refractivity contribution in [3.8, 4) is 5.75 Å². The van der Waals surface area contributed by atoms with Crippen LogP contribution in [0.4, 0.5) is 0 Å². The van der Waals surface area contributed by atoms with E-state index in [4.69, 9.17) is 15.2 Å². The third-order valence-electron chi connectivity index (χ3n) is 2.36. The second-order valence-corrected chi connectivity index (χ2v) is 3.48. The molecule has 2 N–H and O–H groups in total. The van der Waals surface area contributed by atoms with Gasteiger partial charge in [-0.05, 0) is 24.1 Å². The number of hydrogen-bond donors (Lipinski definition) is 1. The molecule has 80 valence electrons. The van der Waals surface area contributed by atoms with Crippen LogP contribution in [-0.4, -0.2) is 25.8 Å². The molecular formula is C11H14N2O2. The van der Waals surface area contributed by atoms with Gasteiger partial charge in [0.05, 0.1) is 13.2 Å². The number of amidine groups is 1. The van der Waals surface area contributed by atoms with Gasteiger partial charge in [-0.1, -0.05) is 12.1 Å². The predicted octanol–water partition coefficient (Wildman–Crippen LogP) is 0.951. The second-order valence-electron chi connectivity index (χ2n) is 3.48. The van der Waals surface area contributed by atoms with E-state index < -0.39 is 0 Å². The van der Waals surface area contributed by atoms with E-state index in [1.54, 1.807) is 7.11 Å². The van der Waals surface area contributed by atoms with Crippen LogP contribution < -0.4 is 10.5 Å². The molecule has 0 fully saturated rings. The number of nitrogens with two attached hydrogens (primary N) is 1. The molecular weight excluding hydrogens is 192 g/mol. The molecule has 1 aromatic rings. The summed E-state index contributed by atoms with van der Waals surface area (Å²) >= 11 is 0. The number of methoxy groups -OCH3 is 1. The summed E-state index contributed by atoms with van der Waals surface area (Å²) in [5.41, 5.74) is 6.64. The van der Waals surface area contributed by atoms with Crippen molar-refractivity contribution in [2.45, 2.75) is 12.5 Å². The first-order chi connectivity index (χ1) is 7.28. The first-order valence-electron chi connectivity index (χ1n) is 4.87. The van der Waals surface area contributed by atoms with Gasteiger partial charge in [0, 0.05) is 0 Å². The van der Waals surface area contributed by atoms with Gasteiger partial charge in [-0.3, -0.25) is 0 Å². The van der Waals surface area contributed by atoms with E-state index in [9.17, 15) is 0 Å². The number of nitrogens with zero attached hydrogens (tertiary/aromatic N) is 1. The normalized spacial score (nSPS) is 19.5. The Kier molecular flexibility index (Phi) is 2.76. The lowest BCUT2D eigenvalue weighted by Gasteiger charge is -2.05. The van der Waals surface area contributed by atoms with Crippen LogP contribution in [-0.2, 0) is 11.2 Å². The van der Waals surface area contributed by atoms with Crippen LogP contribution in [0.25, 0.3) is 0 Å². The van der Waals surface area contributed by atoms with Crippen molar-refractivity contribution in [3.63, 3.8) is 0 Å². The van der Waals surface area contributed by atoms with Crippen LogP contribution in [0.5, 0.6) is 5.75 Å². The molecule has 1 aromatic carbocycles. The van der Waals surface area contributed by atoms with Crippen LogP contribution in [0.3, 0.4) is 0 Å². The summed E-state index contributed by atoms with van der Waals surface area (Å²) in [6.07, 6.45) is 0.852. The highest BCUT2D eigenvalue weighted by molar-refractivity contribution is 5.73. The van der Waals surface area contributed by atoms with Gasteiger partial charge >= 0.3 is 0 Å². The second kappa shape index (κ2) is 4.21. The maximum absolute atomic E-state index is 5.43. The molecule has 1 aliphatic rings. The number of rotatable bonds is 3. The number of aliphatic imine (C=N–C) groups is 1. The highest BCUT2D eigenvalue weighted by Crippen LogP contribution is 2.15. The maximum atomic E-state index is 5.43. The van der Waals surface area contributed by atoms with Gasteiger partial charge in [-0.15, -0.1) is 0 Å². The van der Waals surface area contributed by atoms with Crippen molar-refractivity contribution >= 4 is 6.02 Å². The van der Waals surface area contributed by atoms with Crippen LogP contribution in [0, 0.1) is 0 Å². The van der Waals surface area contributed by atoms with E-state index in [-0.39, 0.29) is 6.04 Å². The Hall–Kier alpha value is -1.71. The van der Waals surface area contributed by atoms with E-state index in [1.165, 1.54) is 5.56 Å². The molecule has 1 aliphatic heterocycles. The van der Waals surface area contributed by atoms with Gasteiger partial charge in [-0.25, -0.2) is 4.99 Å². The van der Waals surface area contributed by atoms with Crippen LogP contribution in [0.15, 0.2) is 29.3 Å². The summed E-state index contributed by atoms with van der Waals surface area (Å²) in [5.74, 6) is 0.865. The Morgan fingerprint density at radius 3 is 2.73 bits per heavy atom. The minimum Gasteiger partial charge on any atom is -0.497 e. The fraction of sp³-hybridized carbons (Fsp3) is 0.364. The molecule has 1 heterocycles. The third-order valence-corrected chi connectivity index (χ3v) is 2.36. The fourth-order valence-electron chi connectivity index (χ4n) is 1.57. The minimum absolute atomic E-state index is 0.151. The van der Waals surface area contributed by atoms with Gasteiger partial charge < -0.3 is 15.2 Å². The highest BCUT2D eigenvalue weighted by Gasteiger charge is 2.16. The number of ether oxygens (including phenoxy) is 2.